The summed E-state index contributed by atoms with van der Waals surface area (Å²) in [5.41, 5.74) is 4.46. The van der Waals surface area contributed by atoms with Crippen LogP contribution in [0.1, 0.15) is 27.8 Å². The lowest BCUT2D eigenvalue weighted by atomic mass is 9.95. The van der Waals surface area contributed by atoms with Gasteiger partial charge in [-0.05, 0) is 36.6 Å². The number of ether oxygens (including phenoxy) is 1. The van der Waals surface area contributed by atoms with Gasteiger partial charge in [0.1, 0.15) is 11.5 Å². The maximum Gasteiger partial charge on any atom is 0.124 e. The number of phenolic OH excluding ortho intramolecular Hbond substituents is 2. The highest BCUT2D eigenvalue weighted by Crippen LogP contribution is 2.31. The first-order valence-electron chi connectivity index (χ1n) is 6.61. The van der Waals surface area contributed by atoms with E-state index in [1.54, 1.807) is 13.2 Å². The summed E-state index contributed by atoms with van der Waals surface area (Å²) in [4.78, 5) is 0. The van der Waals surface area contributed by atoms with Gasteiger partial charge in [0.2, 0.25) is 0 Å². The predicted octanol–water partition coefficient (Wildman–Crippen LogP) is 3.45. The summed E-state index contributed by atoms with van der Waals surface area (Å²) >= 11 is 0. The highest BCUT2D eigenvalue weighted by Gasteiger charge is 2.13. The molecule has 0 amide bonds. The maximum atomic E-state index is 10.4. The van der Waals surface area contributed by atoms with Gasteiger partial charge >= 0.3 is 0 Å². The second-order valence-electron chi connectivity index (χ2n) is 5.05. The van der Waals surface area contributed by atoms with E-state index >= 15 is 0 Å². The molecule has 0 radical (unpaired) electrons. The summed E-state index contributed by atoms with van der Waals surface area (Å²) in [5, 5.41) is 20.3. The fourth-order valence-corrected chi connectivity index (χ4v) is 2.36. The molecule has 2 aromatic rings. The first-order valence-corrected chi connectivity index (χ1v) is 6.61. The van der Waals surface area contributed by atoms with E-state index in [9.17, 15) is 10.2 Å². The average Bonchev–Trinajstić information content (AvgIpc) is 2.41. The van der Waals surface area contributed by atoms with Crippen LogP contribution >= 0.6 is 0 Å². The molecule has 0 spiro atoms. The lowest BCUT2D eigenvalue weighted by Gasteiger charge is -2.14. The van der Waals surface area contributed by atoms with Crippen molar-refractivity contribution in [3.63, 3.8) is 0 Å². The van der Waals surface area contributed by atoms with E-state index in [1.165, 1.54) is 0 Å². The second-order valence-corrected chi connectivity index (χ2v) is 5.05. The lowest BCUT2D eigenvalue weighted by molar-refractivity contribution is 0.181. The van der Waals surface area contributed by atoms with Crippen molar-refractivity contribution in [3.05, 3.63) is 58.1 Å². The quantitative estimate of drug-likeness (QED) is 0.896. The fraction of sp³-hybridized carbons (Fsp3) is 0.294. The third-order valence-electron chi connectivity index (χ3n) is 3.64. The number of phenols is 2. The molecule has 0 unspecified atom stereocenters. The molecule has 0 fully saturated rings. The van der Waals surface area contributed by atoms with E-state index in [1.807, 2.05) is 38.1 Å². The number of hydrogen-bond donors (Lipinski definition) is 2. The Morgan fingerprint density at radius 3 is 2.30 bits per heavy atom. The van der Waals surface area contributed by atoms with Crippen LogP contribution in [0.5, 0.6) is 11.5 Å². The zero-order valence-corrected chi connectivity index (χ0v) is 12.1. The van der Waals surface area contributed by atoms with Crippen molar-refractivity contribution < 1.29 is 14.9 Å². The van der Waals surface area contributed by atoms with Crippen LogP contribution in [0, 0.1) is 13.8 Å². The van der Waals surface area contributed by atoms with Crippen molar-refractivity contribution in [3.8, 4) is 11.5 Å². The third-order valence-corrected chi connectivity index (χ3v) is 3.64. The van der Waals surface area contributed by atoms with Gasteiger partial charge in [0.25, 0.3) is 0 Å². The topological polar surface area (TPSA) is 49.7 Å². The number of hydrogen-bond acceptors (Lipinski definition) is 3. The summed E-state index contributed by atoms with van der Waals surface area (Å²) in [7, 11) is 1.61. The van der Waals surface area contributed by atoms with Crippen molar-refractivity contribution in [2.45, 2.75) is 26.9 Å². The Hall–Kier alpha value is -2.00. The summed E-state index contributed by atoms with van der Waals surface area (Å²) in [6.45, 7) is 4.28. The summed E-state index contributed by atoms with van der Waals surface area (Å²) in [5.74, 6) is 0.521. The highest BCUT2D eigenvalue weighted by molar-refractivity contribution is 5.49. The van der Waals surface area contributed by atoms with Gasteiger partial charge < -0.3 is 14.9 Å². The van der Waals surface area contributed by atoms with Gasteiger partial charge in [-0.3, -0.25) is 0 Å². The Morgan fingerprint density at radius 2 is 1.65 bits per heavy atom. The van der Waals surface area contributed by atoms with Gasteiger partial charge in [-0.2, -0.15) is 0 Å². The smallest absolute Gasteiger partial charge is 0.124 e. The average molecular weight is 272 g/mol. The minimum Gasteiger partial charge on any atom is -0.508 e. The zero-order chi connectivity index (χ0) is 14.7. The monoisotopic (exact) mass is 272 g/mol. The first kappa shape index (κ1) is 14.4. The Labute approximate surface area is 119 Å². The van der Waals surface area contributed by atoms with Gasteiger partial charge in [0.05, 0.1) is 6.61 Å². The maximum absolute atomic E-state index is 10.4. The molecular formula is C17H20O3. The van der Waals surface area contributed by atoms with Crippen LogP contribution < -0.4 is 0 Å². The summed E-state index contributed by atoms with van der Waals surface area (Å²) < 4.78 is 5.13. The van der Waals surface area contributed by atoms with E-state index in [2.05, 4.69) is 0 Å². The molecular weight excluding hydrogens is 252 g/mol. The van der Waals surface area contributed by atoms with Crippen LogP contribution in [0.3, 0.4) is 0 Å². The molecule has 0 saturated heterocycles. The minimum atomic E-state index is 0.259. The Bertz CT molecular complexity index is 598. The van der Waals surface area contributed by atoms with E-state index < -0.39 is 0 Å². The number of rotatable bonds is 4. The number of aryl methyl sites for hydroxylation is 2. The molecule has 20 heavy (non-hydrogen) atoms. The molecule has 0 heterocycles. The molecule has 0 saturated carbocycles. The standard InChI is InChI=1S/C17H20O3/c1-11-5-4-6-16(18)14(11)9-13-8-7-12(2)15(10-20-3)17(13)19/h4-8,18-19H,9-10H2,1-3H3. The highest BCUT2D eigenvalue weighted by atomic mass is 16.5. The van der Waals surface area contributed by atoms with Crippen LogP contribution in [-0.4, -0.2) is 17.3 Å². The molecule has 3 heteroatoms. The van der Waals surface area contributed by atoms with Gasteiger partial charge in [0, 0.05) is 24.7 Å². The van der Waals surface area contributed by atoms with Crippen molar-refractivity contribution in [2.75, 3.05) is 7.11 Å². The van der Waals surface area contributed by atoms with E-state index in [4.69, 9.17) is 4.74 Å². The molecule has 106 valence electrons. The second kappa shape index (κ2) is 5.97. The van der Waals surface area contributed by atoms with E-state index in [0.717, 1.165) is 27.8 Å². The Kier molecular flexibility index (Phi) is 4.30. The van der Waals surface area contributed by atoms with Crippen LogP contribution in [0.4, 0.5) is 0 Å². The summed E-state index contributed by atoms with van der Waals surface area (Å²) in [6.07, 6.45) is 0.501. The molecule has 3 nitrogen and oxygen atoms in total. The van der Waals surface area contributed by atoms with Crippen LogP contribution in [-0.2, 0) is 17.8 Å². The van der Waals surface area contributed by atoms with E-state index in [-0.39, 0.29) is 11.5 Å². The van der Waals surface area contributed by atoms with Crippen molar-refractivity contribution >= 4 is 0 Å². The van der Waals surface area contributed by atoms with Gasteiger partial charge in [-0.15, -0.1) is 0 Å². The molecule has 0 atom stereocenters. The van der Waals surface area contributed by atoms with Crippen LogP contribution in [0.25, 0.3) is 0 Å². The zero-order valence-electron chi connectivity index (χ0n) is 12.1. The number of benzene rings is 2. The normalized spacial score (nSPS) is 10.8. The molecule has 2 N–H and O–H groups in total. The molecule has 0 aliphatic rings. The third kappa shape index (κ3) is 2.78. The Balaban J connectivity index is 2.42. The lowest BCUT2D eigenvalue weighted by Crippen LogP contribution is -1.98. The number of aromatic hydroxyl groups is 2. The van der Waals surface area contributed by atoms with E-state index in [0.29, 0.717) is 13.0 Å². The summed E-state index contributed by atoms with van der Waals surface area (Å²) in [6, 6.07) is 9.31. The Morgan fingerprint density at radius 1 is 0.950 bits per heavy atom. The minimum absolute atomic E-state index is 0.259. The molecule has 0 aliphatic carbocycles. The van der Waals surface area contributed by atoms with Gasteiger partial charge in [-0.25, -0.2) is 0 Å². The van der Waals surface area contributed by atoms with Crippen LogP contribution in [0.2, 0.25) is 0 Å². The molecule has 2 aromatic carbocycles. The fourth-order valence-electron chi connectivity index (χ4n) is 2.36. The van der Waals surface area contributed by atoms with Crippen molar-refractivity contribution in [1.82, 2.24) is 0 Å². The van der Waals surface area contributed by atoms with Crippen molar-refractivity contribution in [1.29, 1.82) is 0 Å². The molecule has 0 aromatic heterocycles. The molecule has 0 aliphatic heterocycles. The van der Waals surface area contributed by atoms with Gasteiger partial charge in [-0.1, -0.05) is 24.3 Å². The molecule has 2 rings (SSSR count). The SMILES string of the molecule is COCc1c(C)ccc(Cc2c(C)cccc2O)c1O. The van der Waals surface area contributed by atoms with Gasteiger partial charge in [0.15, 0.2) is 0 Å². The number of methoxy groups -OCH3 is 1. The molecule has 0 bridgehead atoms. The largest absolute Gasteiger partial charge is 0.508 e. The predicted molar refractivity (Wildman–Crippen MR) is 79.2 cm³/mol. The van der Waals surface area contributed by atoms with Crippen LogP contribution in [0.15, 0.2) is 30.3 Å². The van der Waals surface area contributed by atoms with Crippen molar-refractivity contribution in [2.24, 2.45) is 0 Å². The first-order chi connectivity index (χ1) is 9.54.